The first-order valence-corrected chi connectivity index (χ1v) is 6.54. The van der Waals surface area contributed by atoms with Crippen molar-refractivity contribution < 1.29 is 4.39 Å². The van der Waals surface area contributed by atoms with Gasteiger partial charge in [0.1, 0.15) is 5.82 Å². The molecule has 100 valence electrons. The molecule has 1 unspecified atom stereocenters. The third-order valence-electron chi connectivity index (χ3n) is 3.46. The number of nitrogens with two attached hydrogens (primary N) is 1. The number of nitrogens with zero attached hydrogens (tertiary/aromatic N) is 2. The van der Waals surface area contributed by atoms with Crippen molar-refractivity contribution >= 4 is 11.6 Å². The molecular weight excluding hydrogens is 253 g/mol. The molecule has 0 radical (unpaired) electrons. The van der Waals surface area contributed by atoms with Crippen LogP contribution >= 0.6 is 11.6 Å². The minimum absolute atomic E-state index is 0.200. The number of halogens is 2. The molecule has 0 aromatic heterocycles. The van der Waals surface area contributed by atoms with Crippen molar-refractivity contribution in [3.05, 3.63) is 34.6 Å². The SMILES string of the molecule is CN1CCN(Cc2cc(Cl)ccc2F)C(CN)C1. The molecule has 18 heavy (non-hydrogen) atoms. The van der Waals surface area contributed by atoms with Gasteiger partial charge < -0.3 is 10.6 Å². The van der Waals surface area contributed by atoms with Crippen LogP contribution in [0.5, 0.6) is 0 Å². The second-order valence-electron chi connectivity index (χ2n) is 4.86. The molecule has 1 fully saturated rings. The van der Waals surface area contributed by atoms with E-state index in [1.807, 2.05) is 0 Å². The van der Waals surface area contributed by atoms with Gasteiger partial charge in [0.05, 0.1) is 0 Å². The second-order valence-corrected chi connectivity index (χ2v) is 5.29. The summed E-state index contributed by atoms with van der Waals surface area (Å²) >= 11 is 5.91. The monoisotopic (exact) mass is 271 g/mol. The number of rotatable bonds is 3. The summed E-state index contributed by atoms with van der Waals surface area (Å²) in [5.74, 6) is -0.200. The topological polar surface area (TPSA) is 32.5 Å². The Kier molecular flexibility index (Phi) is 4.56. The van der Waals surface area contributed by atoms with Crippen LogP contribution in [-0.4, -0.2) is 49.1 Å². The molecule has 0 spiro atoms. The van der Waals surface area contributed by atoms with Crippen LogP contribution < -0.4 is 5.73 Å². The zero-order chi connectivity index (χ0) is 13.1. The zero-order valence-corrected chi connectivity index (χ0v) is 11.3. The molecule has 0 bridgehead atoms. The third-order valence-corrected chi connectivity index (χ3v) is 3.70. The summed E-state index contributed by atoms with van der Waals surface area (Å²) in [4.78, 5) is 4.48. The first-order valence-electron chi connectivity index (χ1n) is 6.16. The lowest BCUT2D eigenvalue weighted by Crippen LogP contribution is -2.54. The van der Waals surface area contributed by atoms with E-state index in [-0.39, 0.29) is 11.9 Å². The molecule has 0 saturated carbocycles. The summed E-state index contributed by atoms with van der Waals surface area (Å²) in [6.07, 6.45) is 0. The Bertz CT molecular complexity index is 413. The molecule has 1 aromatic rings. The van der Waals surface area contributed by atoms with Crippen molar-refractivity contribution in [1.29, 1.82) is 0 Å². The van der Waals surface area contributed by atoms with Gasteiger partial charge >= 0.3 is 0 Å². The molecular formula is C13H19ClFN3. The van der Waals surface area contributed by atoms with Gasteiger partial charge in [0.25, 0.3) is 0 Å². The fourth-order valence-electron chi connectivity index (χ4n) is 2.36. The molecule has 0 amide bonds. The van der Waals surface area contributed by atoms with Crippen molar-refractivity contribution in [3.8, 4) is 0 Å². The summed E-state index contributed by atoms with van der Waals surface area (Å²) in [5.41, 5.74) is 6.43. The molecule has 1 aliphatic rings. The molecule has 1 saturated heterocycles. The first-order chi connectivity index (χ1) is 8.60. The van der Waals surface area contributed by atoms with Crippen LogP contribution in [-0.2, 0) is 6.54 Å². The Labute approximate surface area is 112 Å². The lowest BCUT2D eigenvalue weighted by molar-refractivity contribution is 0.0871. The van der Waals surface area contributed by atoms with Gasteiger partial charge in [-0.2, -0.15) is 0 Å². The predicted molar refractivity (Wildman–Crippen MR) is 72.2 cm³/mol. The normalized spacial score (nSPS) is 22.3. The lowest BCUT2D eigenvalue weighted by Gasteiger charge is -2.39. The third kappa shape index (κ3) is 3.20. The molecule has 3 nitrogen and oxygen atoms in total. The van der Waals surface area contributed by atoms with Crippen molar-refractivity contribution in [1.82, 2.24) is 9.80 Å². The van der Waals surface area contributed by atoms with Crippen LogP contribution in [0.15, 0.2) is 18.2 Å². The van der Waals surface area contributed by atoms with Crippen molar-refractivity contribution in [2.24, 2.45) is 5.73 Å². The van der Waals surface area contributed by atoms with Gasteiger partial charge in [-0.3, -0.25) is 4.90 Å². The minimum Gasteiger partial charge on any atom is -0.329 e. The Morgan fingerprint density at radius 2 is 2.22 bits per heavy atom. The fraction of sp³-hybridized carbons (Fsp3) is 0.538. The summed E-state index contributed by atoms with van der Waals surface area (Å²) in [6.45, 7) is 3.98. The molecule has 1 heterocycles. The van der Waals surface area contributed by atoms with Gasteiger partial charge in [0.2, 0.25) is 0 Å². The van der Waals surface area contributed by atoms with Gasteiger partial charge in [0, 0.05) is 49.4 Å². The Morgan fingerprint density at radius 1 is 1.44 bits per heavy atom. The van der Waals surface area contributed by atoms with Crippen LogP contribution in [0.4, 0.5) is 4.39 Å². The number of likely N-dealkylation sites (N-methyl/N-ethyl adjacent to an activating group) is 1. The molecule has 1 atom stereocenters. The minimum atomic E-state index is -0.200. The highest BCUT2D eigenvalue weighted by Crippen LogP contribution is 2.19. The molecule has 1 aromatic carbocycles. The van der Waals surface area contributed by atoms with Gasteiger partial charge in [-0.25, -0.2) is 4.39 Å². The van der Waals surface area contributed by atoms with Gasteiger partial charge in [0.15, 0.2) is 0 Å². The maximum absolute atomic E-state index is 13.7. The zero-order valence-electron chi connectivity index (χ0n) is 10.6. The number of hydrogen-bond donors (Lipinski definition) is 1. The van der Waals surface area contributed by atoms with E-state index in [0.29, 0.717) is 23.7 Å². The van der Waals surface area contributed by atoms with Gasteiger partial charge in [-0.15, -0.1) is 0 Å². The van der Waals surface area contributed by atoms with Crippen LogP contribution in [0.1, 0.15) is 5.56 Å². The predicted octanol–water partition coefficient (Wildman–Crippen LogP) is 1.55. The smallest absolute Gasteiger partial charge is 0.127 e. The van der Waals surface area contributed by atoms with E-state index in [0.717, 1.165) is 19.6 Å². The summed E-state index contributed by atoms with van der Waals surface area (Å²) < 4.78 is 13.7. The van der Waals surface area contributed by atoms with Crippen LogP contribution in [0.25, 0.3) is 0 Å². The Balaban J connectivity index is 2.10. The maximum Gasteiger partial charge on any atom is 0.127 e. The van der Waals surface area contributed by atoms with E-state index in [2.05, 4.69) is 16.8 Å². The second kappa shape index (κ2) is 5.97. The van der Waals surface area contributed by atoms with Crippen molar-refractivity contribution in [3.63, 3.8) is 0 Å². The highest BCUT2D eigenvalue weighted by molar-refractivity contribution is 6.30. The van der Waals surface area contributed by atoms with Crippen LogP contribution in [0.3, 0.4) is 0 Å². The van der Waals surface area contributed by atoms with Crippen molar-refractivity contribution in [2.45, 2.75) is 12.6 Å². The van der Waals surface area contributed by atoms with Crippen molar-refractivity contribution in [2.75, 3.05) is 33.2 Å². The van der Waals surface area contributed by atoms with Gasteiger partial charge in [-0.05, 0) is 25.2 Å². The van der Waals surface area contributed by atoms with Gasteiger partial charge in [-0.1, -0.05) is 11.6 Å². The summed E-state index contributed by atoms with van der Waals surface area (Å²) in [6, 6.07) is 4.97. The first kappa shape index (κ1) is 13.7. The Morgan fingerprint density at radius 3 is 2.94 bits per heavy atom. The molecule has 2 rings (SSSR count). The van der Waals surface area contributed by atoms with Crippen LogP contribution in [0, 0.1) is 5.82 Å². The number of hydrogen-bond acceptors (Lipinski definition) is 3. The molecule has 1 aliphatic heterocycles. The van der Waals surface area contributed by atoms with E-state index in [1.165, 1.54) is 6.07 Å². The summed E-state index contributed by atoms with van der Waals surface area (Å²) in [5, 5.41) is 0.574. The van der Waals surface area contributed by atoms with E-state index in [1.54, 1.807) is 12.1 Å². The molecule has 5 heteroatoms. The maximum atomic E-state index is 13.7. The number of benzene rings is 1. The van der Waals surface area contributed by atoms with E-state index >= 15 is 0 Å². The lowest BCUT2D eigenvalue weighted by atomic mass is 10.1. The standard InChI is InChI=1S/C13H19ClFN3/c1-17-4-5-18(12(7-16)9-17)8-10-6-11(14)2-3-13(10)15/h2-3,6,12H,4-5,7-9,16H2,1H3. The fourth-order valence-corrected chi connectivity index (χ4v) is 2.56. The van der Waals surface area contributed by atoms with E-state index in [9.17, 15) is 4.39 Å². The highest BCUT2D eigenvalue weighted by atomic mass is 35.5. The molecule has 0 aliphatic carbocycles. The van der Waals surface area contributed by atoms with E-state index < -0.39 is 0 Å². The average molecular weight is 272 g/mol. The Hall–Kier alpha value is -0.680. The quantitative estimate of drug-likeness (QED) is 0.906. The highest BCUT2D eigenvalue weighted by Gasteiger charge is 2.24. The largest absolute Gasteiger partial charge is 0.329 e. The van der Waals surface area contributed by atoms with E-state index in [4.69, 9.17) is 17.3 Å². The summed E-state index contributed by atoms with van der Waals surface area (Å²) in [7, 11) is 2.08. The number of piperazine rings is 1. The molecule has 2 N–H and O–H groups in total. The average Bonchev–Trinajstić information content (AvgIpc) is 2.36. The van der Waals surface area contributed by atoms with Crippen LogP contribution in [0.2, 0.25) is 5.02 Å².